The van der Waals surface area contributed by atoms with Crippen molar-refractivity contribution in [3.05, 3.63) is 32.9 Å². The van der Waals surface area contributed by atoms with Gasteiger partial charge in [-0.2, -0.15) is 0 Å². The van der Waals surface area contributed by atoms with Gasteiger partial charge < -0.3 is 10.1 Å². The van der Waals surface area contributed by atoms with E-state index in [0.717, 1.165) is 9.13 Å². The first kappa shape index (κ1) is 15.3. The Hall–Kier alpha value is -0.780. The van der Waals surface area contributed by atoms with Crippen LogP contribution in [-0.4, -0.2) is 11.7 Å². The summed E-state index contributed by atoms with van der Waals surface area (Å²) in [6.45, 7) is 9.57. The van der Waals surface area contributed by atoms with Crippen molar-refractivity contribution >= 4 is 28.7 Å². The molecule has 1 atom stereocenters. The number of nitrogens with one attached hydrogen (secondary N) is 1. The van der Waals surface area contributed by atoms with E-state index in [4.69, 9.17) is 4.74 Å². The van der Waals surface area contributed by atoms with Crippen molar-refractivity contribution in [2.24, 2.45) is 0 Å². The van der Waals surface area contributed by atoms with Gasteiger partial charge in [0.05, 0.1) is 6.04 Å². The molecule has 1 rings (SSSR count). The zero-order valence-corrected chi connectivity index (χ0v) is 13.7. The maximum atomic E-state index is 11.7. The third kappa shape index (κ3) is 4.84. The van der Waals surface area contributed by atoms with Gasteiger partial charge in [0.1, 0.15) is 5.60 Å². The highest BCUT2D eigenvalue weighted by Crippen LogP contribution is 2.20. The highest BCUT2D eigenvalue weighted by molar-refractivity contribution is 14.1. The van der Waals surface area contributed by atoms with Crippen molar-refractivity contribution in [3.8, 4) is 0 Å². The Morgan fingerprint density at radius 1 is 1.39 bits per heavy atom. The third-order valence-electron chi connectivity index (χ3n) is 2.44. The summed E-state index contributed by atoms with van der Waals surface area (Å²) in [5.41, 5.74) is 1.82. The molecule has 0 aromatic heterocycles. The molecule has 18 heavy (non-hydrogen) atoms. The van der Waals surface area contributed by atoms with E-state index >= 15 is 0 Å². The molecule has 0 fully saturated rings. The standard InChI is InChI=1S/C14H20INO2/c1-9-6-7-11(15)8-12(9)10(2)16-13(17)18-14(3,4)5/h6-8,10H,1-5H3,(H,16,17). The minimum Gasteiger partial charge on any atom is -0.444 e. The Bertz CT molecular complexity index is 438. The highest BCUT2D eigenvalue weighted by Gasteiger charge is 2.19. The molecule has 0 saturated heterocycles. The number of benzene rings is 1. The molecular weight excluding hydrogens is 341 g/mol. The summed E-state index contributed by atoms with van der Waals surface area (Å²) in [6, 6.07) is 6.14. The first-order valence-corrected chi connectivity index (χ1v) is 7.02. The van der Waals surface area contributed by atoms with E-state index in [2.05, 4.69) is 46.1 Å². The number of alkyl carbamates (subject to hydrolysis) is 1. The monoisotopic (exact) mass is 361 g/mol. The van der Waals surface area contributed by atoms with Crippen LogP contribution in [0.2, 0.25) is 0 Å². The summed E-state index contributed by atoms with van der Waals surface area (Å²) < 4.78 is 6.41. The predicted octanol–water partition coefficient (Wildman–Crippen LogP) is 4.19. The number of carbonyl (C=O) groups excluding carboxylic acids is 1. The van der Waals surface area contributed by atoms with E-state index in [1.165, 1.54) is 5.56 Å². The van der Waals surface area contributed by atoms with Crippen LogP contribution in [0.5, 0.6) is 0 Å². The van der Waals surface area contributed by atoms with E-state index < -0.39 is 5.60 Å². The van der Waals surface area contributed by atoms with Crippen molar-refractivity contribution in [1.29, 1.82) is 0 Å². The lowest BCUT2D eigenvalue weighted by Gasteiger charge is -2.22. The summed E-state index contributed by atoms with van der Waals surface area (Å²) in [5, 5.41) is 2.86. The van der Waals surface area contributed by atoms with Gasteiger partial charge in [0.15, 0.2) is 0 Å². The highest BCUT2D eigenvalue weighted by atomic mass is 127. The Kier molecular flexibility index (Phi) is 5.01. The molecule has 100 valence electrons. The van der Waals surface area contributed by atoms with Gasteiger partial charge in [0.25, 0.3) is 0 Å². The van der Waals surface area contributed by atoms with Crippen molar-refractivity contribution in [3.63, 3.8) is 0 Å². The zero-order valence-electron chi connectivity index (χ0n) is 11.5. The second kappa shape index (κ2) is 5.91. The molecule has 1 aromatic rings. The van der Waals surface area contributed by atoms with Gasteiger partial charge in [0.2, 0.25) is 0 Å². The number of ether oxygens (including phenoxy) is 1. The average molecular weight is 361 g/mol. The quantitative estimate of drug-likeness (QED) is 0.803. The molecule has 1 aromatic carbocycles. The number of aryl methyl sites for hydroxylation is 1. The van der Waals surface area contributed by atoms with Crippen LogP contribution in [0, 0.1) is 10.5 Å². The zero-order chi connectivity index (χ0) is 13.9. The maximum absolute atomic E-state index is 11.7. The van der Waals surface area contributed by atoms with Crippen LogP contribution in [0.1, 0.15) is 44.9 Å². The van der Waals surface area contributed by atoms with Crippen molar-refractivity contribution in [1.82, 2.24) is 5.32 Å². The maximum Gasteiger partial charge on any atom is 0.408 e. The van der Waals surface area contributed by atoms with Gasteiger partial charge >= 0.3 is 6.09 Å². The minimum atomic E-state index is -0.468. The molecule has 0 aliphatic rings. The minimum absolute atomic E-state index is 0.0606. The van der Waals surface area contributed by atoms with E-state index in [0.29, 0.717) is 0 Å². The summed E-state index contributed by atoms with van der Waals surface area (Å²) in [7, 11) is 0. The molecule has 0 aliphatic heterocycles. The lowest BCUT2D eigenvalue weighted by atomic mass is 10.0. The van der Waals surface area contributed by atoms with E-state index in [1.54, 1.807) is 0 Å². The fraction of sp³-hybridized carbons (Fsp3) is 0.500. The van der Waals surface area contributed by atoms with Crippen LogP contribution >= 0.6 is 22.6 Å². The number of amides is 1. The SMILES string of the molecule is Cc1ccc(I)cc1C(C)NC(=O)OC(C)(C)C. The van der Waals surface area contributed by atoms with E-state index in [9.17, 15) is 4.79 Å². The topological polar surface area (TPSA) is 38.3 Å². The number of hydrogen-bond acceptors (Lipinski definition) is 2. The molecule has 0 spiro atoms. The second-order valence-electron chi connectivity index (χ2n) is 5.37. The Labute approximate surface area is 122 Å². The van der Waals surface area contributed by atoms with Crippen molar-refractivity contribution in [2.75, 3.05) is 0 Å². The van der Waals surface area contributed by atoms with E-state index in [-0.39, 0.29) is 12.1 Å². The van der Waals surface area contributed by atoms with Gasteiger partial charge in [-0.05, 0) is 80.5 Å². The molecule has 1 unspecified atom stereocenters. The molecule has 0 saturated carbocycles. The fourth-order valence-electron chi connectivity index (χ4n) is 1.64. The lowest BCUT2D eigenvalue weighted by Crippen LogP contribution is -2.34. The largest absolute Gasteiger partial charge is 0.444 e. The van der Waals surface area contributed by atoms with Crippen molar-refractivity contribution in [2.45, 2.75) is 46.3 Å². The molecule has 3 nitrogen and oxygen atoms in total. The van der Waals surface area contributed by atoms with Gasteiger partial charge in [0, 0.05) is 3.57 Å². The Morgan fingerprint density at radius 3 is 2.56 bits per heavy atom. The number of rotatable bonds is 2. The molecule has 0 aliphatic carbocycles. The Morgan fingerprint density at radius 2 is 2.00 bits per heavy atom. The van der Waals surface area contributed by atoms with Crippen LogP contribution in [-0.2, 0) is 4.74 Å². The first-order chi connectivity index (χ1) is 8.19. The molecule has 0 bridgehead atoms. The Balaban J connectivity index is 2.73. The molecule has 1 amide bonds. The normalized spacial score (nSPS) is 13.0. The van der Waals surface area contributed by atoms with Crippen LogP contribution in [0.15, 0.2) is 18.2 Å². The van der Waals surface area contributed by atoms with Crippen LogP contribution in [0.4, 0.5) is 4.79 Å². The molecule has 0 radical (unpaired) electrons. The predicted molar refractivity (Wildman–Crippen MR) is 81.7 cm³/mol. The van der Waals surface area contributed by atoms with E-state index in [1.807, 2.05) is 34.6 Å². The molecular formula is C14H20INO2. The van der Waals surface area contributed by atoms with Gasteiger partial charge in [-0.3, -0.25) is 0 Å². The number of hydrogen-bond donors (Lipinski definition) is 1. The number of halogens is 1. The smallest absolute Gasteiger partial charge is 0.408 e. The molecule has 4 heteroatoms. The van der Waals surface area contributed by atoms with Crippen LogP contribution in [0.3, 0.4) is 0 Å². The summed E-state index contributed by atoms with van der Waals surface area (Å²) in [5.74, 6) is 0. The van der Waals surface area contributed by atoms with Crippen LogP contribution in [0.25, 0.3) is 0 Å². The first-order valence-electron chi connectivity index (χ1n) is 5.94. The van der Waals surface area contributed by atoms with Gasteiger partial charge in [-0.25, -0.2) is 4.79 Å². The number of carbonyl (C=O) groups is 1. The summed E-state index contributed by atoms with van der Waals surface area (Å²) in [6.07, 6.45) is -0.381. The summed E-state index contributed by atoms with van der Waals surface area (Å²) in [4.78, 5) is 11.7. The van der Waals surface area contributed by atoms with Gasteiger partial charge in [-0.1, -0.05) is 6.07 Å². The van der Waals surface area contributed by atoms with Crippen LogP contribution < -0.4 is 5.32 Å². The lowest BCUT2D eigenvalue weighted by molar-refractivity contribution is 0.0508. The summed E-state index contributed by atoms with van der Waals surface area (Å²) >= 11 is 2.27. The van der Waals surface area contributed by atoms with Crippen molar-refractivity contribution < 1.29 is 9.53 Å². The molecule has 1 N–H and O–H groups in total. The fourth-order valence-corrected chi connectivity index (χ4v) is 2.16. The third-order valence-corrected chi connectivity index (χ3v) is 3.11. The molecule has 0 heterocycles. The average Bonchev–Trinajstić information content (AvgIpc) is 2.18. The second-order valence-corrected chi connectivity index (χ2v) is 6.61. The van der Waals surface area contributed by atoms with Gasteiger partial charge in [-0.15, -0.1) is 0 Å².